The minimum Gasteiger partial charge on any atom is -0.366 e. The predicted molar refractivity (Wildman–Crippen MR) is 129 cm³/mol. The summed E-state index contributed by atoms with van der Waals surface area (Å²) in [6.07, 6.45) is 8.86. The second kappa shape index (κ2) is 7.32. The SMILES string of the molecule is O=C(C1CC1)N1CCN(c2ccnn3cc(-c4ccc(C5CC6(CNC6)C5)cc4)cc23)CC1. The van der Waals surface area contributed by atoms with Gasteiger partial charge in [-0.1, -0.05) is 24.3 Å². The van der Waals surface area contributed by atoms with E-state index in [4.69, 9.17) is 0 Å². The van der Waals surface area contributed by atoms with Gasteiger partial charge in [0, 0.05) is 63.1 Å². The van der Waals surface area contributed by atoms with Crippen LogP contribution in [-0.4, -0.2) is 59.7 Å². The van der Waals surface area contributed by atoms with Gasteiger partial charge < -0.3 is 15.1 Å². The van der Waals surface area contributed by atoms with Crippen molar-refractivity contribution < 1.29 is 4.79 Å². The zero-order valence-electron chi connectivity index (χ0n) is 19.0. The number of nitrogens with zero attached hydrogens (tertiary/aromatic N) is 4. The van der Waals surface area contributed by atoms with Gasteiger partial charge in [-0.15, -0.1) is 0 Å². The van der Waals surface area contributed by atoms with Crippen molar-refractivity contribution in [3.63, 3.8) is 0 Å². The van der Waals surface area contributed by atoms with Crippen LogP contribution in [-0.2, 0) is 4.79 Å². The second-order valence-electron chi connectivity index (χ2n) is 10.7. The van der Waals surface area contributed by atoms with E-state index in [0.717, 1.165) is 50.5 Å². The minimum atomic E-state index is 0.310. The van der Waals surface area contributed by atoms with E-state index in [1.807, 2.05) is 10.7 Å². The van der Waals surface area contributed by atoms with Gasteiger partial charge in [0.1, 0.15) is 0 Å². The zero-order valence-corrected chi connectivity index (χ0v) is 19.0. The highest BCUT2D eigenvalue weighted by Gasteiger charge is 2.48. The van der Waals surface area contributed by atoms with E-state index >= 15 is 0 Å². The Labute approximate surface area is 194 Å². The average molecular weight is 442 g/mol. The van der Waals surface area contributed by atoms with Gasteiger partial charge in [-0.3, -0.25) is 4.79 Å². The number of hydrogen-bond donors (Lipinski definition) is 1. The van der Waals surface area contributed by atoms with E-state index < -0.39 is 0 Å². The van der Waals surface area contributed by atoms with Crippen LogP contribution >= 0.6 is 0 Å². The molecule has 33 heavy (non-hydrogen) atoms. The van der Waals surface area contributed by atoms with Crippen LogP contribution in [0, 0.1) is 11.3 Å². The van der Waals surface area contributed by atoms with Crippen molar-refractivity contribution in [3.05, 3.63) is 54.4 Å². The fourth-order valence-electron chi connectivity index (χ4n) is 6.12. The van der Waals surface area contributed by atoms with E-state index in [1.54, 1.807) is 0 Å². The lowest BCUT2D eigenvalue weighted by molar-refractivity contribution is -0.132. The average Bonchev–Trinajstić information content (AvgIpc) is 3.55. The summed E-state index contributed by atoms with van der Waals surface area (Å²) >= 11 is 0. The number of carbonyl (C=O) groups is 1. The van der Waals surface area contributed by atoms with Crippen LogP contribution in [0.3, 0.4) is 0 Å². The molecular weight excluding hydrogens is 410 g/mol. The Morgan fingerprint density at radius 2 is 1.73 bits per heavy atom. The molecular formula is C27H31N5O. The molecule has 2 saturated carbocycles. The highest BCUT2D eigenvalue weighted by molar-refractivity contribution is 5.82. The van der Waals surface area contributed by atoms with E-state index in [-0.39, 0.29) is 0 Å². The van der Waals surface area contributed by atoms with Crippen molar-refractivity contribution >= 4 is 17.1 Å². The molecule has 1 N–H and O–H groups in total. The molecule has 2 aliphatic heterocycles. The van der Waals surface area contributed by atoms with E-state index in [0.29, 0.717) is 17.2 Å². The number of aromatic nitrogens is 2. The van der Waals surface area contributed by atoms with E-state index in [1.165, 1.54) is 48.3 Å². The molecule has 0 atom stereocenters. The molecule has 7 rings (SSSR count). The van der Waals surface area contributed by atoms with Crippen molar-refractivity contribution in [2.24, 2.45) is 11.3 Å². The third-order valence-electron chi connectivity index (χ3n) is 8.42. The molecule has 0 unspecified atom stereocenters. The lowest BCUT2D eigenvalue weighted by atomic mass is 9.57. The fourth-order valence-corrected chi connectivity index (χ4v) is 6.12. The first-order valence-corrected chi connectivity index (χ1v) is 12.5. The van der Waals surface area contributed by atoms with Crippen molar-refractivity contribution in [2.45, 2.75) is 31.6 Å². The molecule has 2 aliphatic carbocycles. The molecule has 2 saturated heterocycles. The summed E-state index contributed by atoms with van der Waals surface area (Å²) in [7, 11) is 0. The first-order valence-electron chi connectivity index (χ1n) is 12.5. The number of anilines is 1. The lowest BCUT2D eigenvalue weighted by Gasteiger charge is -2.54. The summed E-state index contributed by atoms with van der Waals surface area (Å²) in [6.45, 7) is 5.81. The molecule has 170 valence electrons. The highest BCUT2D eigenvalue weighted by Crippen LogP contribution is 2.53. The van der Waals surface area contributed by atoms with Crippen molar-refractivity contribution in [1.29, 1.82) is 0 Å². The van der Waals surface area contributed by atoms with Crippen LogP contribution in [0.5, 0.6) is 0 Å². The molecule has 4 aliphatic rings. The van der Waals surface area contributed by atoms with Gasteiger partial charge >= 0.3 is 0 Å². The standard InChI is InChI=1S/C27H31N5O/c33-26(21-5-6-21)31-11-9-30(10-12-31)24-7-8-29-32-16-22(13-25(24)32)19-1-3-20(4-2-19)23-14-27(15-23)17-28-18-27/h1-4,7-8,13,16,21,23,28H,5-6,9-12,14-15,17-18H2. The van der Waals surface area contributed by atoms with Crippen LogP contribution in [0.1, 0.15) is 37.2 Å². The molecule has 3 aromatic rings. The van der Waals surface area contributed by atoms with Gasteiger partial charge in [0.05, 0.1) is 11.2 Å². The largest absolute Gasteiger partial charge is 0.366 e. The maximum absolute atomic E-state index is 12.4. The second-order valence-corrected chi connectivity index (χ2v) is 10.7. The minimum absolute atomic E-state index is 0.310. The van der Waals surface area contributed by atoms with E-state index in [9.17, 15) is 4.79 Å². The van der Waals surface area contributed by atoms with Gasteiger partial charge in [0.15, 0.2) is 0 Å². The fraction of sp³-hybridized carbons (Fsp3) is 0.481. The smallest absolute Gasteiger partial charge is 0.225 e. The number of benzene rings is 1. The maximum atomic E-state index is 12.4. The Balaban J connectivity index is 1.09. The number of carbonyl (C=O) groups excluding carboxylic acids is 1. The number of piperazine rings is 1. The highest BCUT2D eigenvalue weighted by atomic mass is 16.2. The molecule has 6 heteroatoms. The molecule has 1 spiro atoms. The molecule has 0 radical (unpaired) electrons. The quantitative estimate of drug-likeness (QED) is 0.673. The van der Waals surface area contributed by atoms with Crippen LogP contribution in [0.25, 0.3) is 16.6 Å². The number of rotatable bonds is 4. The molecule has 1 aromatic carbocycles. The van der Waals surface area contributed by atoms with Crippen LogP contribution in [0.4, 0.5) is 5.69 Å². The van der Waals surface area contributed by atoms with Gasteiger partial charge in [-0.05, 0) is 60.3 Å². The van der Waals surface area contributed by atoms with Gasteiger partial charge in [-0.2, -0.15) is 5.10 Å². The first kappa shape index (κ1) is 19.6. The summed E-state index contributed by atoms with van der Waals surface area (Å²) in [6, 6.07) is 13.6. The Hall–Kier alpha value is -2.86. The summed E-state index contributed by atoms with van der Waals surface area (Å²) < 4.78 is 2.00. The molecule has 6 nitrogen and oxygen atoms in total. The third kappa shape index (κ3) is 3.34. The van der Waals surface area contributed by atoms with Crippen LogP contribution < -0.4 is 10.2 Å². The topological polar surface area (TPSA) is 52.9 Å². The van der Waals surface area contributed by atoms with Crippen LogP contribution in [0.15, 0.2) is 48.8 Å². The Bertz CT molecular complexity index is 1190. The summed E-state index contributed by atoms with van der Waals surface area (Å²) in [4.78, 5) is 16.9. The third-order valence-corrected chi connectivity index (χ3v) is 8.42. The number of fused-ring (bicyclic) bond motifs is 1. The van der Waals surface area contributed by atoms with Crippen molar-refractivity contribution in [1.82, 2.24) is 19.8 Å². The number of hydrogen-bond acceptors (Lipinski definition) is 4. The predicted octanol–water partition coefficient (Wildman–Crippen LogP) is 3.53. The number of nitrogens with one attached hydrogen (secondary N) is 1. The summed E-state index contributed by atoms with van der Waals surface area (Å²) in [5, 5.41) is 8.01. The summed E-state index contributed by atoms with van der Waals surface area (Å²) in [5.74, 6) is 1.40. The first-order chi connectivity index (χ1) is 16.2. The Kier molecular flexibility index (Phi) is 4.35. The molecule has 0 bridgehead atoms. The maximum Gasteiger partial charge on any atom is 0.225 e. The number of amides is 1. The molecule has 1 amide bonds. The zero-order chi connectivity index (χ0) is 22.0. The van der Waals surface area contributed by atoms with Gasteiger partial charge in [0.2, 0.25) is 5.91 Å². The van der Waals surface area contributed by atoms with Gasteiger partial charge in [0.25, 0.3) is 0 Å². The summed E-state index contributed by atoms with van der Waals surface area (Å²) in [5.41, 5.74) is 6.89. The Morgan fingerprint density at radius 3 is 2.39 bits per heavy atom. The molecule has 4 fully saturated rings. The monoisotopic (exact) mass is 441 g/mol. The van der Waals surface area contributed by atoms with Crippen molar-refractivity contribution in [3.8, 4) is 11.1 Å². The lowest BCUT2D eigenvalue weighted by Crippen LogP contribution is -2.59. The normalized spacial score (nSPS) is 22.4. The van der Waals surface area contributed by atoms with Gasteiger partial charge in [-0.25, -0.2) is 4.52 Å². The Morgan fingerprint density at radius 1 is 0.970 bits per heavy atom. The van der Waals surface area contributed by atoms with Crippen molar-refractivity contribution in [2.75, 3.05) is 44.2 Å². The van der Waals surface area contributed by atoms with E-state index in [2.05, 4.69) is 62.8 Å². The molecule has 2 aromatic heterocycles. The van der Waals surface area contributed by atoms with Crippen LogP contribution in [0.2, 0.25) is 0 Å². The molecule has 4 heterocycles.